The van der Waals surface area contributed by atoms with Gasteiger partial charge in [0, 0.05) is 24.7 Å². The number of ether oxygens (including phenoxy) is 1. The highest BCUT2D eigenvalue weighted by Crippen LogP contribution is 2.20. The van der Waals surface area contributed by atoms with E-state index in [-0.39, 0.29) is 24.3 Å². The van der Waals surface area contributed by atoms with Gasteiger partial charge >= 0.3 is 5.69 Å². The predicted octanol–water partition coefficient (Wildman–Crippen LogP) is 0.583. The highest BCUT2D eigenvalue weighted by atomic mass is 16.5. The van der Waals surface area contributed by atoms with E-state index >= 15 is 0 Å². The molecule has 1 aliphatic heterocycles. The van der Waals surface area contributed by atoms with Gasteiger partial charge in [0.25, 0.3) is 0 Å². The van der Waals surface area contributed by atoms with E-state index in [4.69, 9.17) is 4.74 Å². The van der Waals surface area contributed by atoms with Crippen LogP contribution in [0.4, 0.5) is 5.69 Å². The molecule has 2 aromatic rings. The van der Waals surface area contributed by atoms with Gasteiger partial charge in [0.05, 0.1) is 18.9 Å². The first kappa shape index (κ1) is 20.0. The normalized spacial score (nSPS) is 18.9. The van der Waals surface area contributed by atoms with E-state index in [1.165, 1.54) is 0 Å². The SMILES string of the molecule is O=C(Nc1ccc(-n2nnn(CC(=O)N3CCOCC3)c2=O)cc1)[C@H]1CC=CCC1. The van der Waals surface area contributed by atoms with E-state index < -0.39 is 5.69 Å². The van der Waals surface area contributed by atoms with Crippen molar-refractivity contribution in [3.05, 3.63) is 46.9 Å². The fourth-order valence-corrected chi connectivity index (χ4v) is 3.54. The maximum Gasteiger partial charge on any atom is 0.368 e. The Bertz CT molecular complexity index is 987. The first-order valence-corrected chi connectivity index (χ1v) is 10.1. The molecule has 158 valence electrons. The molecule has 2 heterocycles. The van der Waals surface area contributed by atoms with Crippen molar-refractivity contribution < 1.29 is 14.3 Å². The second-order valence-electron chi connectivity index (χ2n) is 7.34. The zero-order chi connectivity index (χ0) is 20.9. The van der Waals surface area contributed by atoms with Gasteiger partial charge < -0.3 is 15.0 Å². The standard InChI is InChI=1S/C20H24N6O4/c27-18(24-10-12-30-13-11-24)14-25-20(29)26(23-22-25)17-8-6-16(7-9-17)21-19(28)15-4-2-1-3-5-15/h1-2,6-9,15H,3-5,10-14H2,(H,21,28)/t15-/m0/s1. The minimum absolute atomic E-state index is 0.00293. The molecule has 2 aliphatic rings. The third-order valence-electron chi connectivity index (χ3n) is 5.31. The number of hydrogen-bond acceptors (Lipinski definition) is 6. The second-order valence-corrected chi connectivity index (χ2v) is 7.34. The summed E-state index contributed by atoms with van der Waals surface area (Å²) in [5.41, 5.74) is 0.660. The Kier molecular flexibility index (Phi) is 6.03. The molecule has 0 unspecified atom stereocenters. The number of anilines is 1. The van der Waals surface area contributed by atoms with Crippen LogP contribution in [0, 0.1) is 5.92 Å². The van der Waals surface area contributed by atoms with Crippen LogP contribution in [0.1, 0.15) is 19.3 Å². The average molecular weight is 412 g/mol. The van der Waals surface area contributed by atoms with Crippen molar-refractivity contribution in [2.75, 3.05) is 31.6 Å². The molecule has 1 saturated heterocycles. The Hall–Kier alpha value is -3.27. The molecule has 0 spiro atoms. The number of aromatic nitrogens is 4. The van der Waals surface area contributed by atoms with Crippen LogP contribution in [-0.2, 0) is 20.9 Å². The van der Waals surface area contributed by atoms with Gasteiger partial charge in [0.1, 0.15) is 6.54 Å². The van der Waals surface area contributed by atoms with Crippen LogP contribution in [0.25, 0.3) is 5.69 Å². The third-order valence-corrected chi connectivity index (χ3v) is 5.31. The summed E-state index contributed by atoms with van der Waals surface area (Å²) in [5, 5.41) is 10.6. The van der Waals surface area contributed by atoms with Crippen molar-refractivity contribution in [2.45, 2.75) is 25.8 Å². The number of carbonyl (C=O) groups is 2. The summed E-state index contributed by atoms with van der Waals surface area (Å²) in [6.07, 6.45) is 6.66. The van der Waals surface area contributed by atoms with Gasteiger partial charge in [-0.3, -0.25) is 9.59 Å². The summed E-state index contributed by atoms with van der Waals surface area (Å²) in [5.74, 6) is -0.207. The number of nitrogens with zero attached hydrogens (tertiary/aromatic N) is 5. The van der Waals surface area contributed by atoms with E-state index in [0.29, 0.717) is 37.7 Å². The largest absolute Gasteiger partial charge is 0.378 e. The summed E-state index contributed by atoms with van der Waals surface area (Å²) in [7, 11) is 0. The van der Waals surface area contributed by atoms with Crippen molar-refractivity contribution >= 4 is 17.5 Å². The van der Waals surface area contributed by atoms with Crippen LogP contribution in [-0.4, -0.2) is 62.8 Å². The van der Waals surface area contributed by atoms with E-state index in [2.05, 4.69) is 21.8 Å². The lowest BCUT2D eigenvalue weighted by atomic mass is 9.93. The molecule has 0 saturated carbocycles. The van der Waals surface area contributed by atoms with Crippen LogP contribution in [0.3, 0.4) is 0 Å². The molecule has 10 nitrogen and oxygen atoms in total. The second kappa shape index (κ2) is 9.04. The van der Waals surface area contributed by atoms with Gasteiger partial charge in [-0.25, -0.2) is 4.79 Å². The lowest BCUT2D eigenvalue weighted by Crippen LogP contribution is -2.43. The molecule has 4 rings (SSSR count). The fourth-order valence-electron chi connectivity index (χ4n) is 3.54. The quantitative estimate of drug-likeness (QED) is 0.720. The molecule has 0 radical (unpaired) electrons. The van der Waals surface area contributed by atoms with Gasteiger partial charge in [-0.2, -0.15) is 9.36 Å². The zero-order valence-electron chi connectivity index (χ0n) is 16.6. The molecule has 10 heteroatoms. The van der Waals surface area contributed by atoms with Gasteiger partial charge in [-0.15, -0.1) is 0 Å². The Morgan fingerprint density at radius 2 is 1.87 bits per heavy atom. The molecule has 1 fully saturated rings. The lowest BCUT2D eigenvalue weighted by Gasteiger charge is -2.26. The van der Waals surface area contributed by atoms with Crippen molar-refractivity contribution in [2.24, 2.45) is 5.92 Å². The molecule has 1 aliphatic carbocycles. The highest BCUT2D eigenvalue weighted by Gasteiger charge is 2.20. The molecule has 0 bridgehead atoms. The zero-order valence-corrected chi connectivity index (χ0v) is 16.6. The number of hydrogen-bond donors (Lipinski definition) is 1. The number of nitrogens with one attached hydrogen (secondary N) is 1. The molecule has 1 aromatic carbocycles. The topological polar surface area (TPSA) is 111 Å². The first-order valence-electron chi connectivity index (χ1n) is 10.1. The average Bonchev–Trinajstić information content (AvgIpc) is 3.15. The summed E-state index contributed by atoms with van der Waals surface area (Å²) in [6, 6.07) is 6.80. The van der Waals surface area contributed by atoms with Crippen LogP contribution in [0.2, 0.25) is 0 Å². The number of rotatable bonds is 5. The fraction of sp³-hybridized carbons (Fsp3) is 0.450. The summed E-state index contributed by atoms with van der Waals surface area (Å²) >= 11 is 0. The van der Waals surface area contributed by atoms with Gasteiger partial charge in [0.15, 0.2) is 0 Å². The predicted molar refractivity (Wildman–Crippen MR) is 108 cm³/mol. The maximum absolute atomic E-state index is 12.6. The molecule has 1 atom stereocenters. The number of benzene rings is 1. The van der Waals surface area contributed by atoms with E-state index in [9.17, 15) is 14.4 Å². The van der Waals surface area contributed by atoms with Crippen molar-refractivity contribution in [1.29, 1.82) is 0 Å². The van der Waals surface area contributed by atoms with Crippen LogP contribution in [0.15, 0.2) is 41.2 Å². The summed E-state index contributed by atoms with van der Waals surface area (Å²) < 4.78 is 7.40. The molecule has 30 heavy (non-hydrogen) atoms. The smallest absolute Gasteiger partial charge is 0.368 e. The molecule has 2 amide bonds. The van der Waals surface area contributed by atoms with E-state index in [1.807, 2.05) is 6.08 Å². The lowest BCUT2D eigenvalue weighted by molar-refractivity contribution is -0.136. The summed E-state index contributed by atoms with van der Waals surface area (Å²) in [4.78, 5) is 38.9. The van der Waals surface area contributed by atoms with E-state index in [0.717, 1.165) is 28.6 Å². The Balaban J connectivity index is 1.40. The van der Waals surface area contributed by atoms with Crippen LogP contribution < -0.4 is 11.0 Å². The van der Waals surface area contributed by atoms with Crippen molar-refractivity contribution in [3.8, 4) is 5.69 Å². The number of tetrazole rings is 1. The number of allylic oxidation sites excluding steroid dienone is 2. The highest BCUT2D eigenvalue weighted by molar-refractivity contribution is 5.92. The Labute approximate surface area is 173 Å². The molecular weight excluding hydrogens is 388 g/mol. The minimum atomic E-state index is -0.498. The van der Waals surface area contributed by atoms with Gasteiger partial charge in [0.2, 0.25) is 11.8 Å². The third kappa shape index (κ3) is 4.48. The number of morpholine rings is 1. The summed E-state index contributed by atoms with van der Waals surface area (Å²) in [6.45, 7) is 1.84. The Morgan fingerprint density at radius 3 is 2.57 bits per heavy atom. The van der Waals surface area contributed by atoms with Crippen molar-refractivity contribution in [1.82, 2.24) is 24.7 Å². The molecule has 1 aromatic heterocycles. The van der Waals surface area contributed by atoms with Crippen LogP contribution in [0.5, 0.6) is 0 Å². The van der Waals surface area contributed by atoms with Gasteiger partial charge in [-0.1, -0.05) is 12.2 Å². The number of carbonyl (C=O) groups excluding carboxylic acids is 2. The van der Waals surface area contributed by atoms with E-state index in [1.54, 1.807) is 29.2 Å². The molecule has 1 N–H and O–H groups in total. The maximum atomic E-state index is 12.6. The first-order chi connectivity index (χ1) is 14.6. The van der Waals surface area contributed by atoms with Gasteiger partial charge in [-0.05, 0) is 54.0 Å². The van der Waals surface area contributed by atoms with Crippen molar-refractivity contribution in [3.63, 3.8) is 0 Å². The monoisotopic (exact) mass is 412 g/mol. The minimum Gasteiger partial charge on any atom is -0.378 e. The van der Waals surface area contributed by atoms with Crippen LogP contribution >= 0.6 is 0 Å². The molecular formula is C20H24N6O4. The Morgan fingerprint density at radius 1 is 1.10 bits per heavy atom. The number of amides is 2.